The third-order valence-electron chi connectivity index (χ3n) is 6.20. The van der Waals surface area contributed by atoms with Crippen LogP contribution in [0.25, 0.3) is 0 Å². The molecule has 2 N–H and O–H groups in total. The number of ether oxygens (including phenoxy) is 1. The van der Waals surface area contributed by atoms with Crippen molar-refractivity contribution in [1.82, 2.24) is 20.0 Å². The van der Waals surface area contributed by atoms with E-state index in [9.17, 15) is 14.4 Å². The van der Waals surface area contributed by atoms with E-state index < -0.39 is 0 Å². The fourth-order valence-corrected chi connectivity index (χ4v) is 4.02. The fraction of sp³-hybridized carbons (Fsp3) is 0.609. The average Bonchev–Trinajstić information content (AvgIpc) is 3.63. The summed E-state index contributed by atoms with van der Waals surface area (Å²) in [5.74, 6) is -0.0749. The van der Waals surface area contributed by atoms with Gasteiger partial charge in [-0.2, -0.15) is 0 Å². The van der Waals surface area contributed by atoms with E-state index in [-0.39, 0.29) is 23.8 Å². The summed E-state index contributed by atoms with van der Waals surface area (Å²) in [7, 11) is 0. The Morgan fingerprint density at radius 1 is 0.938 bits per heavy atom. The zero-order valence-corrected chi connectivity index (χ0v) is 18.6. The lowest BCUT2D eigenvalue weighted by atomic mass is 10.1. The Balaban J connectivity index is 1.18. The van der Waals surface area contributed by atoms with Crippen molar-refractivity contribution in [2.75, 3.05) is 70.9 Å². The number of hydrogen-bond acceptors (Lipinski definition) is 6. The number of para-hydroxylation sites is 1. The molecule has 0 spiro atoms. The molecule has 0 atom stereocenters. The van der Waals surface area contributed by atoms with Gasteiger partial charge >= 0.3 is 0 Å². The molecule has 1 aromatic carbocycles. The number of rotatable bonds is 8. The Hall–Kier alpha value is -2.49. The molecule has 0 bridgehead atoms. The van der Waals surface area contributed by atoms with Crippen LogP contribution in [-0.2, 0) is 14.3 Å². The van der Waals surface area contributed by atoms with E-state index in [4.69, 9.17) is 4.74 Å². The first-order chi connectivity index (χ1) is 15.6. The van der Waals surface area contributed by atoms with Gasteiger partial charge in [-0.25, -0.2) is 0 Å². The predicted molar refractivity (Wildman–Crippen MR) is 120 cm³/mol. The second kappa shape index (κ2) is 10.9. The third kappa shape index (κ3) is 6.51. The van der Waals surface area contributed by atoms with Crippen LogP contribution in [0.5, 0.6) is 0 Å². The molecule has 9 heteroatoms. The minimum Gasteiger partial charge on any atom is -0.379 e. The van der Waals surface area contributed by atoms with E-state index in [2.05, 4.69) is 20.4 Å². The number of piperazine rings is 1. The number of carbonyl (C=O) groups excluding carboxylic acids is 3. The van der Waals surface area contributed by atoms with E-state index in [1.807, 2.05) is 11.0 Å². The Labute approximate surface area is 189 Å². The molecule has 32 heavy (non-hydrogen) atoms. The number of nitrogens with one attached hydrogen (secondary N) is 2. The SMILES string of the molecule is O=C(CCN1CCN(C(=O)CN2CCOCC2)CC1)Nc1ccccc1C(=O)NC1CC1. The summed E-state index contributed by atoms with van der Waals surface area (Å²) in [6, 6.07) is 7.39. The van der Waals surface area contributed by atoms with Crippen LogP contribution in [0.3, 0.4) is 0 Å². The van der Waals surface area contributed by atoms with Crippen LogP contribution in [0.4, 0.5) is 5.69 Å². The van der Waals surface area contributed by atoms with Gasteiger partial charge in [-0.1, -0.05) is 12.1 Å². The summed E-state index contributed by atoms with van der Waals surface area (Å²) >= 11 is 0. The smallest absolute Gasteiger partial charge is 0.253 e. The van der Waals surface area contributed by atoms with Gasteiger partial charge in [-0.3, -0.25) is 24.2 Å². The van der Waals surface area contributed by atoms with Crippen molar-refractivity contribution in [3.05, 3.63) is 29.8 Å². The molecule has 3 amide bonds. The molecule has 0 unspecified atom stereocenters. The van der Waals surface area contributed by atoms with Crippen molar-refractivity contribution in [1.29, 1.82) is 0 Å². The highest BCUT2D eigenvalue weighted by molar-refractivity contribution is 6.03. The lowest BCUT2D eigenvalue weighted by Gasteiger charge is -2.36. The molecule has 2 heterocycles. The first-order valence-corrected chi connectivity index (χ1v) is 11.6. The van der Waals surface area contributed by atoms with Crippen molar-refractivity contribution in [2.45, 2.75) is 25.3 Å². The maximum atomic E-state index is 12.5. The zero-order chi connectivity index (χ0) is 22.3. The number of carbonyl (C=O) groups is 3. The van der Waals surface area contributed by atoms with Gasteiger partial charge in [-0.15, -0.1) is 0 Å². The number of hydrogen-bond donors (Lipinski definition) is 2. The molecule has 3 aliphatic rings. The van der Waals surface area contributed by atoms with Gasteiger partial charge in [0.2, 0.25) is 11.8 Å². The van der Waals surface area contributed by atoms with Gasteiger partial charge in [-0.05, 0) is 25.0 Å². The van der Waals surface area contributed by atoms with Crippen LogP contribution in [0.15, 0.2) is 24.3 Å². The quantitative estimate of drug-likeness (QED) is 0.604. The zero-order valence-electron chi connectivity index (χ0n) is 18.6. The molecule has 0 radical (unpaired) electrons. The van der Waals surface area contributed by atoms with Crippen molar-refractivity contribution in [3.63, 3.8) is 0 Å². The molecule has 1 saturated carbocycles. The molecular formula is C23H33N5O4. The molecule has 9 nitrogen and oxygen atoms in total. The van der Waals surface area contributed by atoms with E-state index >= 15 is 0 Å². The summed E-state index contributed by atoms with van der Waals surface area (Å²) in [4.78, 5) is 43.7. The Bertz CT molecular complexity index is 814. The molecule has 2 aliphatic heterocycles. The van der Waals surface area contributed by atoms with Gasteiger partial charge in [0.1, 0.15) is 0 Å². The largest absolute Gasteiger partial charge is 0.379 e. The van der Waals surface area contributed by atoms with Gasteiger partial charge in [0, 0.05) is 58.3 Å². The van der Waals surface area contributed by atoms with Gasteiger partial charge in [0.25, 0.3) is 5.91 Å². The highest BCUT2D eigenvalue weighted by atomic mass is 16.5. The monoisotopic (exact) mass is 443 g/mol. The van der Waals surface area contributed by atoms with E-state index in [0.717, 1.165) is 39.0 Å². The lowest BCUT2D eigenvalue weighted by molar-refractivity contribution is -0.135. The molecule has 3 fully saturated rings. The number of benzene rings is 1. The molecule has 2 saturated heterocycles. The number of amides is 3. The number of morpholine rings is 1. The average molecular weight is 444 g/mol. The maximum absolute atomic E-state index is 12.5. The standard InChI is InChI=1S/C23H33N5O4/c29-21(25-20-4-2-1-3-19(20)23(31)24-18-5-6-18)7-8-26-9-11-28(12-10-26)22(30)17-27-13-15-32-16-14-27/h1-4,18H,5-17H2,(H,24,31)(H,25,29). The second-order valence-corrected chi connectivity index (χ2v) is 8.70. The van der Waals surface area contributed by atoms with Crippen molar-refractivity contribution < 1.29 is 19.1 Å². The first-order valence-electron chi connectivity index (χ1n) is 11.6. The Morgan fingerprint density at radius 2 is 1.66 bits per heavy atom. The van der Waals surface area contributed by atoms with Gasteiger partial charge in [0.15, 0.2) is 0 Å². The Morgan fingerprint density at radius 3 is 2.38 bits per heavy atom. The minimum absolute atomic E-state index is 0.109. The van der Waals surface area contributed by atoms with Crippen LogP contribution in [-0.4, -0.2) is 104 Å². The fourth-order valence-electron chi connectivity index (χ4n) is 4.02. The van der Waals surface area contributed by atoms with Crippen LogP contribution < -0.4 is 10.6 Å². The van der Waals surface area contributed by atoms with Crippen molar-refractivity contribution in [2.24, 2.45) is 0 Å². The topological polar surface area (TPSA) is 94.2 Å². The predicted octanol–water partition coefficient (Wildman–Crippen LogP) is 0.384. The van der Waals surface area contributed by atoms with Gasteiger partial charge < -0.3 is 20.3 Å². The third-order valence-corrected chi connectivity index (χ3v) is 6.20. The molecule has 1 aromatic rings. The van der Waals surface area contributed by atoms with Crippen molar-refractivity contribution >= 4 is 23.4 Å². The lowest BCUT2D eigenvalue weighted by Crippen LogP contribution is -2.52. The highest BCUT2D eigenvalue weighted by Crippen LogP contribution is 2.21. The van der Waals surface area contributed by atoms with E-state index in [1.165, 1.54) is 0 Å². The molecule has 174 valence electrons. The summed E-state index contributed by atoms with van der Waals surface area (Å²) in [5, 5.41) is 5.86. The van der Waals surface area contributed by atoms with Crippen LogP contribution in [0.2, 0.25) is 0 Å². The molecule has 4 rings (SSSR count). The summed E-state index contributed by atoms with van der Waals surface area (Å²) in [6.07, 6.45) is 2.39. The summed E-state index contributed by atoms with van der Waals surface area (Å²) in [6.45, 7) is 7.01. The van der Waals surface area contributed by atoms with Crippen LogP contribution in [0.1, 0.15) is 29.6 Å². The molecular weight excluding hydrogens is 410 g/mol. The first kappa shape index (κ1) is 22.7. The number of anilines is 1. The molecule has 0 aromatic heterocycles. The van der Waals surface area contributed by atoms with E-state index in [1.54, 1.807) is 18.2 Å². The molecule has 1 aliphatic carbocycles. The van der Waals surface area contributed by atoms with Crippen LogP contribution in [0, 0.1) is 0 Å². The summed E-state index contributed by atoms with van der Waals surface area (Å²) in [5.41, 5.74) is 1.05. The minimum atomic E-state index is -0.138. The van der Waals surface area contributed by atoms with E-state index in [0.29, 0.717) is 57.1 Å². The normalized spacial score (nSPS) is 20.1. The second-order valence-electron chi connectivity index (χ2n) is 8.70. The summed E-state index contributed by atoms with van der Waals surface area (Å²) < 4.78 is 5.33. The maximum Gasteiger partial charge on any atom is 0.253 e. The van der Waals surface area contributed by atoms with Crippen molar-refractivity contribution in [3.8, 4) is 0 Å². The number of nitrogens with zero attached hydrogens (tertiary/aromatic N) is 3. The highest BCUT2D eigenvalue weighted by Gasteiger charge is 2.26. The Kier molecular flexibility index (Phi) is 7.72. The van der Waals surface area contributed by atoms with Gasteiger partial charge in [0.05, 0.1) is 31.0 Å². The van der Waals surface area contributed by atoms with Crippen LogP contribution >= 0.6 is 0 Å².